The molecule has 1 aromatic carbocycles. The Morgan fingerprint density at radius 1 is 1.27 bits per heavy atom. The van der Waals surface area contributed by atoms with Crippen molar-refractivity contribution in [2.45, 2.75) is 45.7 Å². The Bertz CT molecular complexity index is 767. The van der Waals surface area contributed by atoms with E-state index in [9.17, 15) is 9.59 Å². The molecule has 6 heteroatoms. The van der Waals surface area contributed by atoms with Crippen molar-refractivity contribution in [2.24, 2.45) is 18.7 Å². The highest BCUT2D eigenvalue weighted by atomic mass is 16.5. The predicted molar refractivity (Wildman–Crippen MR) is 103 cm³/mol. The van der Waals surface area contributed by atoms with Gasteiger partial charge in [0.25, 0.3) is 0 Å². The topological polar surface area (TPSA) is 86.3 Å². The van der Waals surface area contributed by atoms with Crippen molar-refractivity contribution in [3.63, 3.8) is 0 Å². The first-order valence-corrected chi connectivity index (χ1v) is 9.09. The number of nitrogens with zero attached hydrogens (tertiary/aromatic N) is 1. The Hall–Kier alpha value is -2.34. The van der Waals surface area contributed by atoms with Gasteiger partial charge in [0, 0.05) is 30.6 Å². The summed E-state index contributed by atoms with van der Waals surface area (Å²) in [5, 5.41) is 3.84. The van der Waals surface area contributed by atoms with Gasteiger partial charge in [-0.05, 0) is 30.9 Å². The number of hydrogen-bond donors (Lipinski definition) is 2. The first-order chi connectivity index (χ1) is 12.3. The molecule has 0 radical (unpaired) electrons. The highest BCUT2D eigenvalue weighted by Crippen LogP contribution is 2.22. The lowest BCUT2D eigenvalue weighted by Gasteiger charge is -2.20. The third-order valence-electron chi connectivity index (χ3n) is 4.35. The zero-order chi connectivity index (χ0) is 19.3. The number of nitrogens with one attached hydrogen (secondary N) is 1. The van der Waals surface area contributed by atoms with Crippen LogP contribution in [0.1, 0.15) is 32.8 Å². The molecule has 1 heterocycles. The molecule has 2 rings (SSSR count). The number of ether oxygens (including phenoxy) is 1. The number of carbonyl (C=O) groups is 2. The van der Waals surface area contributed by atoms with Gasteiger partial charge in [-0.2, -0.15) is 0 Å². The Labute approximate surface area is 154 Å². The van der Waals surface area contributed by atoms with Crippen LogP contribution in [-0.2, 0) is 27.8 Å². The highest BCUT2D eigenvalue weighted by molar-refractivity contribution is 5.89. The number of aromatic nitrogens is 1. The van der Waals surface area contributed by atoms with E-state index in [1.165, 1.54) is 0 Å². The van der Waals surface area contributed by atoms with Gasteiger partial charge in [-0.15, -0.1) is 0 Å². The van der Waals surface area contributed by atoms with Crippen LogP contribution in [0.5, 0.6) is 0 Å². The van der Waals surface area contributed by atoms with Crippen LogP contribution in [0.2, 0.25) is 0 Å². The molecule has 0 aliphatic carbocycles. The molecule has 0 aliphatic heterocycles. The van der Waals surface area contributed by atoms with Crippen molar-refractivity contribution in [1.82, 2.24) is 9.88 Å². The van der Waals surface area contributed by atoms with E-state index in [4.69, 9.17) is 10.5 Å². The lowest BCUT2D eigenvalue weighted by Crippen LogP contribution is -2.50. The summed E-state index contributed by atoms with van der Waals surface area (Å²) >= 11 is 0. The van der Waals surface area contributed by atoms with Crippen LogP contribution in [0.3, 0.4) is 0 Å². The molecule has 1 amide bonds. The molecule has 2 aromatic rings. The molecular formula is C20H29N3O3. The molecule has 2 atom stereocenters. The van der Waals surface area contributed by atoms with Gasteiger partial charge in [0.1, 0.15) is 6.04 Å². The second-order valence-corrected chi connectivity index (χ2v) is 7.04. The van der Waals surface area contributed by atoms with E-state index >= 15 is 0 Å². The minimum absolute atomic E-state index is 0.263. The van der Waals surface area contributed by atoms with Crippen LogP contribution < -0.4 is 11.1 Å². The summed E-state index contributed by atoms with van der Waals surface area (Å²) in [5.41, 5.74) is 8.02. The molecule has 0 saturated carbocycles. The summed E-state index contributed by atoms with van der Waals surface area (Å²) in [6, 6.07) is 6.57. The molecule has 0 aliphatic rings. The third kappa shape index (κ3) is 4.85. The van der Waals surface area contributed by atoms with Crippen molar-refractivity contribution in [2.75, 3.05) is 6.61 Å². The summed E-state index contributed by atoms with van der Waals surface area (Å²) in [6.07, 6.45) is 2.91. The van der Waals surface area contributed by atoms with Crippen LogP contribution >= 0.6 is 0 Å². The smallest absolute Gasteiger partial charge is 0.328 e. The first kappa shape index (κ1) is 20.0. The number of aryl methyl sites for hydroxylation is 1. The monoisotopic (exact) mass is 359 g/mol. The van der Waals surface area contributed by atoms with Gasteiger partial charge >= 0.3 is 5.97 Å². The van der Waals surface area contributed by atoms with Gasteiger partial charge in [0.05, 0.1) is 12.6 Å². The number of nitrogens with two attached hydrogens (primary N) is 1. The van der Waals surface area contributed by atoms with Gasteiger partial charge in [0.15, 0.2) is 0 Å². The number of fused-ring (bicyclic) bond motifs is 1. The molecular weight excluding hydrogens is 330 g/mol. The number of para-hydroxylation sites is 1. The van der Waals surface area contributed by atoms with E-state index < -0.39 is 18.1 Å². The fourth-order valence-electron chi connectivity index (χ4n) is 3.14. The molecule has 1 unspecified atom stereocenters. The summed E-state index contributed by atoms with van der Waals surface area (Å²) < 4.78 is 7.17. The fraction of sp³-hybridized carbons (Fsp3) is 0.500. The van der Waals surface area contributed by atoms with Crippen LogP contribution in [0.4, 0.5) is 0 Å². The van der Waals surface area contributed by atoms with E-state index in [0.29, 0.717) is 18.8 Å². The average Bonchev–Trinajstić information content (AvgIpc) is 2.90. The van der Waals surface area contributed by atoms with Crippen LogP contribution in [-0.4, -0.2) is 35.1 Å². The maximum absolute atomic E-state index is 12.4. The minimum atomic E-state index is -0.758. The summed E-state index contributed by atoms with van der Waals surface area (Å²) in [4.78, 5) is 24.8. The van der Waals surface area contributed by atoms with E-state index in [1.54, 1.807) is 6.92 Å². The minimum Gasteiger partial charge on any atom is -0.464 e. The quantitative estimate of drug-likeness (QED) is 0.707. The number of rotatable bonds is 8. The summed E-state index contributed by atoms with van der Waals surface area (Å²) in [6.45, 7) is 6.02. The van der Waals surface area contributed by atoms with Crippen LogP contribution in [0.15, 0.2) is 30.5 Å². The molecule has 0 saturated heterocycles. The summed E-state index contributed by atoms with van der Waals surface area (Å²) in [7, 11) is 1.96. The maximum Gasteiger partial charge on any atom is 0.328 e. The zero-order valence-electron chi connectivity index (χ0n) is 16.0. The average molecular weight is 359 g/mol. The first-order valence-electron chi connectivity index (χ1n) is 9.09. The van der Waals surface area contributed by atoms with Gasteiger partial charge in [-0.1, -0.05) is 32.0 Å². The molecule has 0 spiro atoms. The molecule has 1 aromatic heterocycles. The van der Waals surface area contributed by atoms with Crippen molar-refractivity contribution in [3.05, 3.63) is 36.0 Å². The standard InChI is InChI=1S/C20H29N3O3/c1-5-26-20(25)17(22-19(24)16(21)10-13(2)3)11-14-12-23(4)18-9-7-6-8-15(14)18/h6-9,12-13,16-17H,5,10-11,21H2,1-4H3,(H,22,24)/t16?,17-/m1/s1. The molecule has 6 nitrogen and oxygen atoms in total. The normalized spacial score (nSPS) is 13.6. The van der Waals surface area contributed by atoms with Gasteiger partial charge in [0.2, 0.25) is 5.91 Å². The molecule has 0 bridgehead atoms. The Balaban J connectivity index is 2.21. The molecule has 0 fully saturated rings. The Morgan fingerprint density at radius 3 is 2.62 bits per heavy atom. The van der Waals surface area contributed by atoms with Crippen molar-refractivity contribution in [1.29, 1.82) is 0 Å². The van der Waals surface area contributed by atoms with E-state index in [1.807, 2.05) is 55.9 Å². The second kappa shape index (κ2) is 8.85. The molecule has 142 valence electrons. The lowest BCUT2D eigenvalue weighted by molar-refractivity contribution is -0.147. The van der Waals surface area contributed by atoms with Crippen molar-refractivity contribution < 1.29 is 14.3 Å². The number of hydrogen-bond acceptors (Lipinski definition) is 4. The van der Waals surface area contributed by atoms with Crippen LogP contribution in [0, 0.1) is 5.92 Å². The third-order valence-corrected chi connectivity index (χ3v) is 4.35. The van der Waals surface area contributed by atoms with Crippen molar-refractivity contribution in [3.8, 4) is 0 Å². The maximum atomic E-state index is 12.4. The van der Waals surface area contributed by atoms with Gasteiger partial charge in [-0.3, -0.25) is 4.79 Å². The number of esters is 1. The second-order valence-electron chi connectivity index (χ2n) is 7.04. The predicted octanol–water partition coefficient (Wildman–Crippen LogP) is 2.14. The molecule has 26 heavy (non-hydrogen) atoms. The molecule has 3 N–H and O–H groups in total. The van der Waals surface area contributed by atoms with E-state index in [-0.39, 0.29) is 12.5 Å². The van der Waals surface area contributed by atoms with E-state index in [2.05, 4.69) is 5.32 Å². The Morgan fingerprint density at radius 2 is 1.96 bits per heavy atom. The summed E-state index contributed by atoms with van der Waals surface area (Å²) in [5.74, 6) is -0.461. The Kier molecular flexibility index (Phi) is 6.80. The fourth-order valence-corrected chi connectivity index (χ4v) is 3.14. The zero-order valence-corrected chi connectivity index (χ0v) is 16.0. The lowest BCUT2D eigenvalue weighted by atomic mass is 10.0. The number of carbonyl (C=O) groups excluding carboxylic acids is 2. The SMILES string of the molecule is CCOC(=O)[C@@H](Cc1cn(C)c2ccccc12)NC(=O)C(N)CC(C)C. The van der Waals surface area contributed by atoms with Crippen molar-refractivity contribution >= 4 is 22.8 Å². The van der Waals surface area contributed by atoms with Gasteiger partial charge < -0.3 is 20.4 Å². The highest BCUT2D eigenvalue weighted by Gasteiger charge is 2.26. The number of amides is 1. The van der Waals surface area contributed by atoms with Crippen LogP contribution in [0.25, 0.3) is 10.9 Å². The van der Waals surface area contributed by atoms with E-state index in [0.717, 1.165) is 16.5 Å². The largest absolute Gasteiger partial charge is 0.464 e. The van der Waals surface area contributed by atoms with Gasteiger partial charge in [-0.25, -0.2) is 4.79 Å². The number of benzene rings is 1.